The van der Waals surface area contributed by atoms with Crippen molar-refractivity contribution in [3.05, 3.63) is 54.1 Å². The molecule has 1 saturated heterocycles. The van der Waals surface area contributed by atoms with Crippen molar-refractivity contribution >= 4 is 23.2 Å². The van der Waals surface area contributed by atoms with Crippen LogP contribution in [0.2, 0.25) is 0 Å². The van der Waals surface area contributed by atoms with Gasteiger partial charge in [-0.1, -0.05) is 24.3 Å². The zero-order valence-corrected chi connectivity index (χ0v) is 17.0. The summed E-state index contributed by atoms with van der Waals surface area (Å²) >= 11 is 0. The third-order valence-electron chi connectivity index (χ3n) is 4.89. The first-order valence-electron chi connectivity index (χ1n) is 9.77. The summed E-state index contributed by atoms with van der Waals surface area (Å²) < 4.78 is 5.31. The Kier molecular flexibility index (Phi) is 7.21. The Balaban J connectivity index is 1.42. The molecule has 1 fully saturated rings. The monoisotopic (exact) mass is 396 g/mol. The predicted octanol–water partition coefficient (Wildman–Crippen LogP) is 2.20. The molecule has 0 saturated carbocycles. The normalized spacial score (nSPS) is 15.0. The molecule has 2 aromatic carbocycles. The average molecular weight is 396 g/mol. The van der Waals surface area contributed by atoms with Gasteiger partial charge in [-0.3, -0.25) is 19.4 Å². The molecule has 0 bridgehead atoms. The summed E-state index contributed by atoms with van der Waals surface area (Å²) in [6, 6.07) is 15.2. The number of amides is 2. The Bertz CT molecular complexity index is 833. The fourth-order valence-electron chi connectivity index (χ4n) is 3.34. The highest BCUT2D eigenvalue weighted by Gasteiger charge is 2.21. The quantitative estimate of drug-likeness (QED) is 0.751. The van der Waals surface area contributed by atoms with Crippen molar-refractivity contribution in [2.75, 3.05) is 57.0 Å². The number of hydrogen-bond donors (Lipinski definition) is 2. The fourth-order valence-corrected chi connectivity index (χ4v) is 3.34. The summed E-state index contributed by atoms with van der Waals surface area (Å²) in [4.78, 5) is 28.8. The zero-order chi connectivity index (χ0) is 20.6. The number of carbonyl (C=O) groups excluding carboxylic acids is 2. The van der Waals surface area contributed by atoms with E-state index in [0.717, 1.165) is 37.4 Å². The molecule has 2 N–H and O–H groups in total. The Morgan fingerprint density at radius 2 is 1.48 bits per heavy atom. The second-order valence-electron chi connectivity index (χ2n) is 7.22. The molecule has 2 aromatic rings. The van der Waals surface area contributed by atoms with Crippen LogP contribution in [0.5, 0.6) is 5.75 Å². The first-order chi connectivity index (χ1) is 14.0. The van der Waals surface area contributed by atoms with Gasteiger partial charge >= 0.3 is 0 Å². The molecule has 0 atom stereocenters. The standard InChI is InChI=1S/C22H28N4O3/c1-17-8-9-20(29-2)19(14-17)24-22(28)16-26-12-10-25(11-13-26)15-21(27)23-18-6-4-3-5-7-18/h3-9,14H,10-13,15-16H2,1-2H3,(H,23,27)(H,24,28). The summed E-state index contributed by atoms with van der Waals surface area (Å²) in [5.74, 6) is 0.566. The van der Waals surface area contributed by atoms with E-state index >= 15 is 0 Å². The number of nitrogens with one attached hydrogen (secondary N) is 2. The Morgan fingerprint density at radius 3 is 2.07 bits per heavy atom. The number of anilines is 2. The number of methoxy groups -OCH3 is 1. The average Bonchev–Trinajstić information content (AvgIpc) is 2.70. The molecule has 154 valence electrons. The van der Waals surface area contributed by atoms with Gasteiger partial charge in [0.2, 0.25) is 11.8 Å². The fraction of sp³-hybridized carbons (Fsp3) is 0.364. The van der Waals surface area contributed by atoms with Crippen LogP contribution in [0.3, 0.4) is 0 Å². The van der Waals surface area contributed by atoms with E-state index in [0.29, 0.717) is 24.5 Å². The summed E-state index contributed by atoms with van der Waals surface area (Å²) in [6.07, 6.45) is 0. The van der Waals surface area contributed by atoms with Crippen molar-refractivity contribution in [3.63, 3.8) is 0 Å². The van der Waals surface area contributed by atoms with Gasteiger partial charge in [-0.05, 0) is 36.8 Å². The molecule has 0 spiro atoms. The zero-order valence-electron chi connectivity index (χ0n) is 17.0. The van der Waals surface area contributed by atoms with Crippen LogP contribution in [-0.2, 0) is 9.59 Å². The molecule has 7 heteroatoms. The first kappa shape index (κ1) is 20.8. The van der Waals surface area contributed by atoms with E-state index in [-0.39, 0.29) is 11.8 Å². The van der Waals surface area contributed by atoms with Crippen LogP contribution in [-0.4, -0.2) is 68.0 Å². The number of piperazine rings is 1. The van der Waals surface area contributed by atoms with E-state index in [1.807, 2.05) is 55.5 Å². The summed E-state index contributed by atoms with van der Waals surface area (Å²) in [5, 5.41) is 5.84. The van der Waals surface area contributed by atoms with Crippen LogP contribution in [0, 0.1) is 6.92 Å². The maximum Gasteiger partial charge on any atom is 0.238 e. The molecular formula is C22H28N4O3. The van der Waals surface area contributed by atoms with Gasteiger partial charge in [0, 0.05) is 31.9 Å². The van der Waals surface area contributed by atoms with E-state index in [9.17, 15) is 9.59 Å². The van der Waals surface area contributed by atoms with Gasteiger partial charge in [-0.25, -0.2) is 0 Å². The Morgan fingerprint density at radius 1 is 0.897 bits per heavy atom. The Labute approximate surface area is 171 Å². The van der Waals surface area contributed by atoms with Crippen LogP contribution in [0.25, 0.3) is 0 Å². The van der Waals surface area contributed by atoms with Gasteiger partial charge in [0.25, 0.3) is 0 Å². The highest BCUT2D eigenvalue weighted by atomic mass is 16.5. The van der Waals surface area contributed by atoms with E-state index in [2.05, 4.69) is 20.4 Å². The lowest BCUT2D eigenvalue weighted by Gasteiger charge is -2.33. The number of rotatable bonds is 7. The van der Waals surface area contributed by atoms with Crippen LogP contribution in [0.1, 0.15) is 5.56 Å². The van der Waals surface area contributed by atoms with Crippen molar-refractivity contribution in [2.45, 2.75) is 6.92 Å². The SMILES string of the molecule is COc1ccc(C)cc1NC(=O)CN1CCN(CC(=O)Nc2ccccc2)CC1. The minimum Gasteiger partial charge on any atom is -0.495 e. The van der Waals surface area contributed by atoms with E-state index < -0.39 is 0 Å². The minimum atomic E-state index is -0.0656. The number of para-hydroxylation sites is 1. The molecule has 0 radical (unpaired) electrons. The van der Waals surface area contributed by atoms with Gasteiger partial charge in [0.1, 0.15) is 5.75 Å². The van der Waals surface area contributed by atoms with Gasteiger partial charge in [0.15, 0.2) is 0 Å². The van der Waals surface area contributed by atoms with Gasteiger partial charge in [0.05, 0.1) is 25.9 Å². The lowest BCUT2D eigenvalue weighted by molar-refractivity contribution is -0.120. The second-order valence-corrected chi connectivity index (χ2v) is 7.22. The first-order valence-corrected chi connectivity index (χ1v) is 9.77. The highest BCUT2D eigenvalue weighted by molar-refractivity contribution is 5.94. The van der Waals surface area contributed by atoms with Crippen LogP contribution in [0.15, 0.2) is 48.5 Å². The molecule has 1 aliphatic heterocycles. The topological polar surface area (TPSA) is 73.9 Å². The number of ether oxygens (including phenoxy) is 1. The lowest BCUT2D eigenvalue weighted by Crippen LogP contribution is -2.50. The van der Waals surface area contributed by atoms with Gasteiger partial charge in [-0.2, -0.15) is 0 Å². The van der Waals surface area contributed by atoms with E-state index in [1.165, 1.54) is 0 Å². The molecule has 1 heterocycles. The van der Waals surface area contributed by atoms with Crippen LogP contribution >= 0.6 is 0 Å². The lowest BCUT2D eigenvalue weighted by atomic mass is 10.2. The number of aryl methyl sites for hydroxylation is 1. The second kappa shape index (κ2) is 10.0. The summed E-state index contributed by atoms with van der Waals surface area (Å²) in [7, 11) is 1.59. The molecule has 0 aliphatic carbocycles. The largest absolute Gasteiger partial charge is 0.495 e. The van der Waals surface area contributed by atoms with Crippen molar-refractivity contribution in [1.29, 1.82) is 0 Å². The summed E-state index contributed by atoms with van der Waals surface area (Å²) in [5.41, 5.74) is 2.55. The van der Waals surface area contributed by atoms with Crippen molar-refractivity contribution in [2.24, 2.45) is 0 Å². The number of nitrogens with zero attached hydrogens (tertiary/aromatic N) is 2. The van der Waals surface area contributed by atoms with Crippen LogP contribution in [0.4, 0.5) is 11.4 Å². The van der Waals surface area contributed by atoms with Gasteiger partial charge in [-0.15, -0.1) is 0 Å². The molecule has 29 heavy (non-hydrogen) atoms. The highest BCUT2D eigenvalue weighted by Crippen LogP contribution is 2.25. The van der Waals surface area contributed by atoms with Crippen molar-refractivity contribution in [1.82, 2.24) is 9.80 Å². The third kappa shape index (κ3) is 6.30. The third-order valence-corrected chi connectivity index (χ3v) is 4.89. The molecule has 3 rings (SSSR count). The molecule has 0 unspecified atom stereocenters. The van der Waals surface area contributed by atoms with Crippen molar-refractivity contribution < 1.29 is 14.3 Å². The number of benzene rings is 2. The van der Waals surface area contributed by atoms with Crippen LogP contribution < -0.4 is 15.4 Å². The summed E-state index contributed by atoms with van der Waals surface area (Å²) in [6.45, 7) is 5.65. The molecule has 7 nitrogen and oxygen atoms in total. The van der Waals surface area contributed by atoms with E-state index in [4.69, 9.17) is 4.74 Å². The smallest absolute Gasteiger partial charge is 0.238 e. The predicted molar refractivity (Wildman–Crippen MR) is 114 cm³/mol. The van der Waals surface area contributed by atoms with E-state index in [1.54, 1.807) is 7.11 Å². The van der Waals surface area contributed by atoms with Crippen molar-refractivity contribution in [3.8, 4) is 5.75 Å². The maximum absolute atomic E-state index is 12.4. The molecular weight excluding hydrogens is 368 g/mol. The Hall–Kier alpha value is -2.90. The van der Waals surface area contributed by atoms with Gasteiger partial charge < -0.3 is 15.4 Å². The number of carbonyl (C=O) groups is 2. The minimum absolute atomic E-state index is 0.0195. The number of hydrogen-bond acceptors (Lipinski definition) is 5. The molecule has 2 amide bonds. The molecule has 1 aliphatic rings. The molecule has 0 aromatic heterocycles. The maximum atomic E-state index is 12.4.